The monoisotopic (exact) mass is 434 g/mol. The van der Waals surface area contributed by atoms with Crippen LogP contribution >= 0.6 is 34.8 Å². The number of halogens is 3. The number of rotatable bonds is 6. The fourth-order valence-electron chi connectivity index (χ4n) is 2.33. The molecule has 0 fully saturated rings. The number of carbonyl (C=O) groups is 1. The molecule has 5 nitrogen and oxygen atoms in total. The Hall–Kier alpha value is -1.31. The highest BCUT2D eigenvalue weighted by Gasteiger charge is 2.25. The highest BCUT2D eigenvalue weighted by molar-refractivity contribution is 7.89. The molecule has 0 radical (unpaired) electrons. The van der Waals surface area contributed by atoms with Crippen molar-refractivity contribution < 1.29 is 13.2 Å². The summed E-state index contributed by atoms with van der Waals surface area (Å²) in [6.07, 6.45) is 0. The van der Waals surface area contributed by atoms with Gasteiger partial charge in [0.15, 0.2) is 0 Å². The van der Waals surface area contributed by atoms with Gasteiger partial charge in [-0.2, -0.15) is 4.31 Å². The van der Waals surface area contributed by atoms with Crippen molar-refractivity contribution in [1.29, 1.82) is 0 Å². The number of hydrogen-bond acceptors (Lipinski definition) is 3. The molecular weight excluding hydrogens is 419 g/mol. The highest BCUT2D eigenvalue weighted by Crippen LogP contribution is 2.28. The summed E-state index contributed by atoms with van der Waals surface area (Å²) in [5.74, 6) is -0.512. The zero-order valence-electron chi connectivity index (χ0n) is 14.1. The summed E-state index contributed by atoms with van der Waals surface area (Å²) in [4.78, 5) is 12.4. The molecule has 0 heterocycles. The van der Waals surface area contributed by atoms with Crippen molar-refractivity contribution in [2.45, 2.75) is 18.7 Å². The number of carbonyl (C=O) groups excluding carboxylic acids is 1. The molecule has 26 heavy (non-hydrogen) atoms. The molecule has 0 spiro atoms. The maximum atomic E-state index is 12.7. The van der Waals surface area contributed by atoms with Crippen LogP contribution in [0.5, 0.6) is 0 Å². The van der Waals surface area contributed by atoms with Crippen molar-refractivity contribution in [1.82, 2.24) is 4.31 Å². The molecule has 1 amide bonds. The average molecular weight is 436 g/mol. The number of benzene rings is 2. The Bertz CT molecular complexity index is 929. The SMILES string of the molecule is CCN(CC)S(=O)(=O)c1cc(C(=O)Nc2ccc(Cl)cc2Cl)ccc1Cl. The summed E-state index contributed by atoms with van der Waals surface area (Å²) in [5, 5.41) is 3.39. The summed E-state index contributed by atoms with van der Waals surface area (Å²) in [5.41, 5.74) is 0.510. The van der Waals surface area contributed by atoms with Crippen LogP contribution in [0, 0.1) is 0 Å². The van der Waals surface area contributed by atoms with E-state index < -0.39 is 15.9 Å². The molecular formula is C17H17Cl3N2O3S. The van der Waals surface area contributed by atoms with Gasteiger partial charge in [-0.05, 0) is 36.4 Å². The Morgan fingerprint density at radius 2 is 1.65 bits per heavy atom. The molecule has 0 aliphatic rings. The van der Waals surface area contributed by atoms with Gasteiger partial charge in [-0.15, -0.1) is 0 Å². The predicted molar refractivity (Wildman–Crippen MR) is 106 cm³/mol. The van der Waals surface area contributed by atoms with Crippen molar-refractivity contribution in [3.8, 4) is 0 Å². The van der Waals surface area contributed by atoms with Crippen LogP contribution in [-0.2, 0) is 10.0 Å². The summed E-state index contributed by atoms with van der Waals surface area (Å²) < 4.78 is 26.7. The normalized spacial score (nSPS) is 11.6. The van der Waals surface area contributed by atoms with E-state index in [-0.39, 0.29) is 20.5 Å². The molecule has 0 saturated carbocycles. The third kappa shape index (κ3) is 4.50. The summed E-state index contributed by atoms with van der Waals surface area (Å²) in [7, 11) is -3.80. The Kier molecular flexibility index (Phi) is 6.93. The van der Waals surface area contributed by atoms with Gasteiger partial charge in [0.2, 0.25) is 10.0 Å². The van der Waals surface area contributed by atoms with E-state index in [2.05, 4.69) is 5.32 Å². The molecule has 0 aliphatic carbocycles. The van der Waals surface area contributed by atoms with Crippen LogP contribution in [0.3, 0.4) is 0 Å². The number of nitrogens with zero attached hydrogens (tertiary/aromatic N) is 1. The van der Waals surface area contributed by atoms with Gasteiger partial charge in [-0.25, -0.2) is 8.42 Å². The molecule has 140 valence electrons. The van der Waals surface area contributed by atoms with Crippen molar-refractivity contribution in [3.63, 3.8) is 0 Å². The molecule has 1 N–H and O–H groups in total. The second kappa shape index (κ2) is 8.59. The Morgan fingerprint density at radius 1 is 1.00 bits per heavy atom. The molecule has 0 saturated heterocycles. The van der Waals surface area contributed by atoms with Crippen LogP contribution in [0.15, 0.2) is 41.3 Å². The number of sulfonamides is 1. The van der Waals surface area contributed by atoms with Gasteiger partial charge in [0.1, 0.15) is 4.90 Å². The third-order valence-electron chi connectivity index (χ3n) is 3.70. The largest absolute Gasteiger partial charge is 0.321 e. The van der Waals surface area contributed by atoms with Gasteiger partial charge in [0.25, 0.3) is 5.91 Å². The van der Waals surface area contributed by atoms with Crippen LogP contribution in [0.1, 0.15) is 24.2 Å². The van der Waals surface area contributed by atoms with Gasteiger partial charge in [-0.3, -0.25) is 4.79 Å². The molecule has 0 aromatic heterocycles. The second-order valence-electron chi connectivity index (χ2n) is 5.31. The summed E-state index contributed by atoms with van der Waals surface area (Å²) in [6, 6.07) is 8.73. The van der Waals surface area contributed by atoms with Gasteiger partial charge < -0.3 is 5.32 Å². The van der Waals surface area contributed by atoms with E-state index in [0.29, 0.717) is 23.8 Å². The van der Waals surface area contributed by atoms with Crippen molar-refractivity contribution >= 4 is 56.4 Å². The molecule has 9 heteroatoms. The summed E-state index contributed by atoms with van der Waals surface area (Å²) in [6.45, 7) is 4.06. The van der Waals surface area contributed by atoms with Crippen molar-refractivity contribution in [2.24, 2.45) is 0 Å². The van der Waals surface area contributed by atoms with Crippen LogP contribution in [0.2, 0.25) is 15.1 Å². The predicted octanol–water partition coefficient (Wildman–Crippen LogP) is 4.93. The zero-order valence-corrected chi connectivity index (χ0v) is 17.2. The first kappa shape index (κ1) is 21.0. The molecule has 2 aromatic carbocycles. The first-order valence-corrected chi connectivity index (χ1v) is 10.3. The average Bonchev–Trinajstić information content (AvgIpc) is 2.58. The number of amides is 1. The lowest BCUT2D eigenvalue weighted by molar-refractivity contribution is 0.102. The minimum atomic E-state index is -3.80. The quantitative estimate of drug-likeness (QED) is 0.699. The minimum Gasteiger partial charge on any atom is -0.321 e. The zero-order chi connectivity index (χ0) is 19.5. The lowest BCUT2D eigenvalue weighted by Gasteiger charge is -2.19. The molecule has 0 unspecified atom stereocenters. The molecule has 2 aromatic rings. The van der Waals surface area contributed by atoms with Gasteiger partial charge in [0, 0.05) is 23.7 Å². The Balaban J connectivity index is 2.38. The Morgan fingerprint density at radius 3 is 2.23 bits per heavy atom. The number of hydrogen-bond donors (Lipinski definition) is 1. The smallest absolute Gasteiger partial charge is 0.255 e. The standard InChI is InChI=1S/C17H17Cl3N2O3S/c1-3-22(4-2)26(24,25)16-9-11(5-7-13(16)19)17(23)21-15-8-6-12(18)10-14(15)20/h5-10H,3-4H2,1-2H3,(H,21,23). The van der Waals surface area contributed by atoms with Crippen LogP contribution in [0.4, 0.5) is 5.69 Å². The van der Waals surface area contributed by atoms with E-state index in [9.17, 15) is 13.2 Å². The van der Waals surface area contributed by atoms with Crippen molar-refractivity contribution in [3.05, 3.63) is 57.0 Å². The van der Waals surface area contributed by atoms with E-state index in [0.717, 1.165) is 0 Å². The van der Waals surface area contributed by atoms with Gasteiger partial charge in [-0.1, -0.05) is 48.7 Å². The van der Waals surface area contributed by atoms with Crippen LogP contribution in [0.25, 0.3) is 0 Å². The van der Waals surface area contributed by atoms with Gasteiger partial charge in [0.05, 0.1) is 15.7 Å². The fourth-order valence-corrected chi connectivity index (χ4v) is 4.74. The number of anilines is 1. The van der Waals surface area contributed by atoms with Crippen LogP contribution in [-0.4, -0.2) is 31.7 Å². The lowest BCUT2D eigenvalue weighted by Crippen LogP contribution is -2.31. The summed E-state index contributed by atoms with van der Waals surface area (Å²) >= 11 is 18.0. The highest BCUT2D eigenvalue weighted by atomic mass is 35.5. The molecule has 0 bridgehead atoms. The van der Waals surface area contributed by atoms with E-state index >= 15 is 0 Å². The molecule has 0 aliphatic heterocycles. The first-order chi connectivity index (χ1) is 12.2. The van der Waals surface area contributed by atoms with E-state index in [1.165, 1.54) is 28.6 Å². The maximum Gasteiger partial charge on any atom is 0.255 e. The third-order valence-corrected chi connectivity index (χ3v) is 6.78. The minimum absolute atomic E-state index is 0.0537. The Labute approximate surface area is 167 Å². The van der Waals surface area contributed by atoms with Gasteiger partial charge >= 0.3 is 0 Å². The van der Waals surface area contributed by atoms with Crippen LogP contribution < -0.4 is 5.32 Å². The fraction of sp³-hybridized carbons (Fsp3) is 0.235. The maximum absolute atomic E-state index is 12.7. The van der Waals surface area contributed by atoms with E-state index in [4.69, 9.17) is 34.8 Å². The topological polar surface area (TPSA) is 66.5 Å². The lowest BCUT2D eigenvalue weighted by atomic mass is 10.2. The number of nitrogens with one attached hydrogen (secondary N) is 1. The first-order valence-electron chi connectivity index (χ1n) is 7.76. The van der Waals surface area contributed by atoms with E-state index in [1.54, 1.807) is 26.0 Å². The molecule has 2 rings (SSSR count). The molecule has 0 atom stereocenters. The van der Waals surface area contributed by atoms with E-state index in [1.807, 2.05) is 0 Å². The van der Waals surface area contributed by atoms with Crippen molar-refractivity contribution in [2.75, 3.05) is 18.4 Å². The second-order valence-corrected chi connectivity index (χ2v) is 8.47.